The van der Waals surface area contributed by atoms with Gasteiger partial charge in [0.2, 0.25) is 5.78 Å². The second-order valence-corrected chi connectivity index (χ2v) is 7.99. The molecule has 0 spiro atoms. The van der Waals surface area contributed by atoms with E-state index in [9.17, 15) is 4.79 Å². The Hall–Kier alpha value is -2.70. The van der Waals surface area contributed by atoms with Gasteiger partial charge in [-0.05, 0) is 40.2 Å². The van der Waals surface area contributed by atoms with Crippen LogP contribution in [0.5, 0.6) is 0 Å². The van der Waals surface area contributed by atoms with Gasteiger partial charge in [0.15, 0.2) is 10.4 Å². The van der Waals surface area contributed by atoms with E-state index in [1.165, 1.54) is 22.1 Å². The summed E-state index contributed by atoms with van der Waals surface area (Å²) in [5.74, 6) is 0.269. The Bertz CT molecular complexity index is 1300. The average molecular weight is 437 g/mol. The Kier molecular flexibility index (Phi) is 3.95. The first-order valence-electron chi connectivity index (χ1n) is 8.41. The number of aromatic amines is 1. The van der Waals surface area contributed by atoms with Crippen LogP contribution in [0.15, 0.2) is 69.1 Å². The second-order valence-electron chi connectivity index (χ2n) is 6.26. The number of para-hydroxylation sites is 1. The number of fused-ring (bicyclic) bond motifs is 3. The first kappa shape index (κ1) is 16.5. The fourth-order valence-corrected chi connectivity index (χ4v) is 4.34. The van der Waals surface area contributed by atoms with Crippen molar-refractivity contribution >= 4 is 54.9 Å². The molecule has 0 atom stereocenters. The van der Waals surface area contributed by atoms with E-state index in [1.54, 1.807) is 12.1 Å². The van der Waals surface area contributed by atoms with Crippen LogP contribution < -0.4 is 0 Å². The van der Waals surface area contributed by atoms with E-state index in [-0.39, 0.29) is 12.2 Å². The Labute approximate surface area is 167 Å². The molecule has 0 radical (unpaired) electrons. The van der Waals surface area contributed by atoms with Crippen molar-refractivity contribution in [2.75, 3.05) is 0 Å². The second kappa shape index (κ2) is 6.48. The van der Waals surface area contributed by atoms with E-state index in [4.69, 9.17) is 4.42 Å². The van der Waals surface area contributed by atoms with E-state index in [2.05, 4.69) is 56.2 Å². The molecule has 0 fully saturated rings. The quantitative estimate of drug-likeness (QED) is 0.340. The van der Waals surface area contributed by atoms with Crippen LogP contribution in [0.4, 0.5) is 0 Å². The van der Waals surface area contributed by atoms with E-state index in [0.29, 0.717) is 10.4 Å². The molecule has 0 aliphatic rings. The fraction of sp³-hybridized carbons (Fsp3) is 0.0476. The summed E-state index contributed by atoms with van der Waals surface area (Å²) in [6.45, 7) is 0. The summed E-state index contributed by atoms with van der Waals surface area (Å²) in [5.41, 5.74) is 4.12. The number of carbonyl (C=O) groups excluding carboxylic acids is 1. The number of hydrogen-bond acceptors (Lipinski definition) is 4. The van der Waals surface area contributed by atoms with Gasteiger partial charge in [-0.2, -0.15) is 0 Å². The number of furan rings is 1. The number of thiazole rings is 1. The van der Waals surface area contributed by atoms with Gasteiger partial charge < -0.3 is 9.40 Å². The smallest absolute Gasteiger partial charge is 0.204 e. The largest absolute Gasteiger partial charge is 0.446 e. The van der Waals surface area contributed by atoms with Gasteiger partial charge in [0.25, 0.3) is 0 Å². The molecule has 3 heterocycles. The van der Waals surface area contributed by atoms with E-state index < -0.39 is 0 Å². The number of Topliss-reactive ketones (excluding diaryl/α,β-unsaturated/α-hetero) is 1. The molecule has 27 heavy (non-hydrogen) atoms. The summed E-state index contributed by atoms with van der Waals surface area (Å²) in [5, 5.41) is 5.18. The van der Waals surface area contributed by atoms with Crippen molar-refractivity contribution in [1.29, 1.82) is 0 Å². The number of ketones is 1. The first-order chi connectivity index (χ1) is 13.2. The summed E-state index contributed by atoms with van der Waals surface area (Å²) < 4.78 is 5.88. The molecule has 5 rings (SSSR count). The number of nitrogens with one attached hydrogen (secondary N) is 1. The highest BCUT2D eigenvalue weighted by molar-refractivity contribution is 9.10. The first-order valence-corrected chi connectivity index (χ1v) is 10.1. The zero-order chi connectivity index (χ0) is 18.4. The van der Waals surface area contributed by atoms with Crippen LogP contribution in [0, 0.1) is 0 Å². The SMILES string of the molecule is O=C(Cc1nc(-c2ccc3c(c2)[nH]c2ccccc23)cs1)c1ccc(Br)o1. The van der Waals surface area contributed by atoms with Crippen LogP contribution >= 0.6 is 27.3 Å². The van der Waals surface area contributed by atoms with Gasteiger partial charge in [0.1, 0.15) is 5.01 Å². The summed E-state index contributed by atoms with van der Waals surface area (Å²) in [6.07, 6.45) is 0.235. The predicted molar refractivity (Wildman–Crippen MR) is 111 cm³/mol. The molecular weight excluding hydrogens is 424 g/mol. The molecule has 132 valence electrons. The van der Waals surface area contributed by atoms with E-state index >= 15 is 0 Å². The zero-order valence-corrected chi connectivity index (χ0v) is 16.4. The number of rotatable bonds is 4. The van der Waals surface area contributed by atoms with Crippen LogP contribution in [0.25, 0.3) is 33.1 Å². The minimum Gasteiger partial charge on any atom is -0.446 e. The van der Waals surface area contributed by atoms with Crippen molar-refractivity contribution in [3.05, 3.63) is 75.4 Å². The van der Waals surface area contributed by atoms with Crippen molar-refractivity contribution in [2.45, 2.75) is 6.42 Å². The number of hydrogen-bond donors (Lipinski definition) is 1. The molecule has 1 N–H and O–H groups in total. The van der Waals surface area contributed by atoms with Crippen molar-refractivity contribution in [2.24, 2.45) is 0 Å². The highest BCUT2D eigenvalue weighted by Crippen LogP contribution is 2.30. The van der Waals surface area contributed by atoms with E-state index in [0.717, 1.165) is 27.3 Å². The van der Waals surface area contributed by atoms with Crippen molar-refractivity contribution < 1.29 is 9.21 Å². The third kappa shape index (κ3) is 3.01. The van der Waals surface area contributed by atoms with Crippen molar-refractivity contribution in [3.8, 4) is 11.3 Å². The molecule has 0 unspecified atom stereocenters. The van der Waals surface area contributed by atoms with Gasteiger partial charge in [-0.15, -0.1) is 11.3 Å². The summed E-state index contributed by atoms with van der Waals surface area (Å²) in [7, 11) is 0. The molecule has 0 amide bonds. The van der Waals surface area contributed by atoms with Gasteiger partial charge in [0, 0.05) is 32.7 Å². The van der Waals surface area contributed by atoms with Crippen LogP contribution in [-0.2, 0) is 6.42 Å². The monoisotopic (exact) mass is 436 g/mol. The lowest BCUT2D eigenvalue weighted by molar-refractivity contribution is 0.0965. The molecule has 0 aliphatic carbocycles. The summed E-state index contributed by atoms with van der Waals surface area (Å²) in [6, 6.07) is 18.0. The predicted octanol–water partition coefficient (Wildman–Crippen LogP) is 6.23. The number of H-pyrrole nitrogens is 1. The van der Waals surface area contributed by atoms with Crippen LogP contribution in [0.3, 0.4) is 0 Å². The third-order valence-electron chi connectivity index (χ3n) is 4.51. The molecule has 0 saturated carbocycles. The maximum atomic E-state index is 12.3. The van der Waals surface area contributed by atoms with Gasteiger partial charge in [0.05, 0.1) is 12.1 Å². The van der Waals surface area contributed by atoms with Crippen LogP contribution in [0.1, 0.15) is 15.6 Å². The topological polar surface area (TPSA) is 58.9 Å². The number of nitrogens with zero attached hydrogens (tertiary/aromatic N) is 1. The van der Waals surface area contributed by atoms with Crippen molar-refractivity contribution in [3.63, 3.8) is 0 Å². The van der Waals surface area contributed by atoms with Crippen molar-refractivity contribution in [1.82, 2.24) is 9.97 Å². The molecule has 3 aromatic heterocycles. The molecule has 4 nitrogen and oxygen atoms in total. The lowest BCUT2D eigenvalue weighted by Gasteiger charge is -1.98. The van der Waals surface area contributed by atoms with Gasteiger partial charge in [-0.1, -0.05) is 30.3 Å². The average Bonchev–Trinajstić information content (AvgIpc) is 3.39. The minimum absolute atomic E-state index is 0.0762. The number of aromatic nitrogens is 2. The normalized spacial score (nSPS) is 11.4. The number of carbonyl (C=O) groups is 1. The Balaban J connectivity index is 1.45. The fourth-order valence-electron chi connectivity index (χ4n) is 3.23. The zero-order valence-electron chi connectivity index (χ0n) is 14.0. The molecule has 0 saturated heterocycles. The maximum absolute atomic E-state index is 12.3. The molecule has 0 bridgehead atoms. The number of benzene rings is 2. The standard InChI is InChI=1S/C21H13BrN2O2S/c22-20-8-7-19(26-20)18(25)10-21-24-17(11-27-21)12-5-6-14-13-3-1-2-4-15(13)23-16(14)9-12/h1-9,11,23H,10H2. The Morgan fingerprint density at radius 3 is 2.78 bits per heavy atom. The third-order valence-corrected chi connectivity index (χ3v) is 5.79. The molecule has 2 aromatic carbocycles. The van der Waals surface area contributed by atoms with E-state index in [1.807, 2.05) is 17.5 Å². The molecule has 6 heteroatoms. The lowest BCUT2D eigenvalue weighted by atomic mass is 10.1. The van der Waals surface area contributed by atoms with Crippen LogP contribution in [0.2, 0.25) is 0 Å². The molecule has 5 aromatic rings. The highest BCUT2D eigenvalue weighted by atomic mass is 79.9. The minimum atomic E-state index is -0.0762. The van der Waals surface area contributed by atoms with Gasteiger partial charge in [-0.3, -0.25) is 4.79 Å². The number of halogens is 1. The van der Waals surface area contributed by atoms with Gasteiger partial charge in [-0.25, -0.2) is 4.98 Å². The summed E-state index contributed by atoms with van der Waals surface area (Å²) in [4.78, 5) is 20.4. The molecular formula is C21H13BrN2O2S. The van der Waals surface area contributed by atoms with Crippen LogP contribution in [-0.4, -0.2) is 15.8 Å². The highest BCUT2D eigenvalue weighted by Gasteiger charge is 2.15. The lowest BCUT2D eigenvalue weighted by Crippen LogP contribution is -2.01. The Morgan fingerprint density at radius 2 is 1.93 bits per heavy atom. The maximum Gasteiger partial charge on any atom is 0.204 e. The molecule has 0 aliphatic heterocycles. The Morgan fingerprint density at radius 1 is 1.07 bits per heavy atom. The van der Waals surface area contributed by atoms with Gasteiger partial charge >= 0.3 is 0 Å². The summed E-state index contributed by atoms with van der Waals surface area (Å²) >= 11 is 4.71.